The molecule has 0 spiro atoms. The van der Waals surface area contributed by atoms with Crippen molar-refractivity contribution in [3.63, 3.8) is 0 Å². The van der Waals surface area contributed by atoms with Crippen molar-refractivity contribution < 1.29 is 19.4 Å². The SMILES string of the molecule is COc1ccc(C(=O)N2CCc3sc(C(=O)O)cc3C2)cc1. The lowest BCUT2D eigenvalue weighted by Gasteiger charge is -2.27. The molecular formula is C16H15NO4S. The molecule has 1 aromatic heterocycles. The average molecular weight is 317 g/mol. The monoisotopic (exact) mass is 317 g/mol. The Morgan fingerprint density at radius 1 is 1.27 bits per heavy atom. The van der Waals surface area contributed by atoms with Crippen molar-refractivity contribution in [2.75, 3.05) is 13.7 Å². The molecule has 22 heavy (non-hydrogen) atoms. The van der Waals surface area contributed by atoms with Crippen LogP contribution in [-0.2, 0) is 13.0 Å². The summed E-state index contributed by atoms with van der Waals surface area (Å²) in [5, 5.41) is 9.05. The summed E-state index contributed by atoms with van der Waals surface area (Å²) in [6.07, 6.45) is 0.704. The van der Waals surface area contributed by atoms with E-state index in [0.717, 1.165) is 10.4 Å². The van der Waals surface area contributed by atoms with E-state index in [1.54, 1.807) is 42.3 Å². The van der Waals surface area contributed by atoms with Gasteiger partial charge in [0, 0.05) is 23.5 Å². The lowest BCUT2D eigenvalue weighted by molar-refractivity contribution is 0.0701. The molecular weight excluding hydrogens is 302 g/mol. The molecule has 0 aliphatic carbocycles. The number of carbonyl (C=O) groups is 2. The Morgan fingerprint density at radius 3 is 2.64 bits per heavy atom. The summed E-state index contributed by atoms with van der Waals surface area (Å²) < 4.78 is 5.09. The fourth-order valence-corrected chi connectivity index (χ4v) is 3.53. The van der Waals surface area contributed by atoms with E-state index in [0.29, 0.717) is 35.7 Å². The Bertz CT molecular complexity index is 720. The number of carbonyl (C=O) groups excluding carboxylic acids is 1. The van der Waals surface area contributed by atoms with Crippen molar-refractivity contribution >= 4 is 23.2 Å². The largest absolute Gasteiger partial charge is 0.497 e. The second-order valence-electron chi connectivity index (χ2n) is 5.07. The molecule has 5 nitrogen and oxygen atoms in total. The van der Waals surface area contributed by atoms with Crippen LogP contribution in [0.3, 0.4) is 0 Å². The standard InChI is InChI=1S/C16H15NO4S/c1-21-12-4-2-10(3-5-12)15(18)17-7-6-13-11(9-17)8-14(22-13)16(19)20/h2-5,8H,6-7,9H2,1H3,(H,19,20). The summed E-state index contributed by atoms with van der Waals surface area (Å²) in [7, 11) is 1.58. The van der Waals surface area contributed by atoms with Gasteiger partial charge in [-0.25, -0.2) is 4.79 Å². The molecule has 3 rings (SSSR count). The third-order valence-corrected chi connectivity index (χ3v) is 4.93. The minimum absolute atomic E-state index is 0.0450. The van der Waals surface area contributed by atoms with Gasteiger partial charge < -0.3 is 14.7 Å². The van der Waals surface area contributed by atoms with E-state index in [4.69, 9.17) is 9.84 Å². The Balaban J connectivity index is 1.78. The fourth-order valence-electron chi connectivity index (χ4n) is 2.53. The van der Waals surface area contributed by atoms with Gasteiger partial charge in [0.05, 0.1) is 7.11 Å². The van der Waals surface area contributed by atoms with Crippen LogP contribution in [0.5, 0.6) is 5.75 Å². The summed E-state index contributed by atoms with van der Waals surface area (Å²) in [4.78, 5) is 26.7. The average Bonchev–Trinajstić information content (AvgIpc) is 2.97. The Morgan fingerprint density at radius 2 is 2.00 bits per heavy atom. The predicted molar refractivity (Wildman–Crippen MR) is 82.7 cm³/mol. The van der Waals surface area contributed by atoms with Crippen LogP contribution in [0.25, 0.3) is 0 Å². The highest BCUT2D eigenvalue weighted by molar-refractivity contribution is 7.14. The van der Waals surface area contributed by atoms with Gasteiger partial charge in [0.25, 0.3) is 5.91 Å². The van der Waals surface area contributed by atoms with Gasteiger partial charge in [-0.2, -0.15) is 0 Å². The molecule has 0 fully saturated rings. The second-order valence-corrected chi connectivity index (χ2v) is 6.21. The van der Waals surface area contributed by atoms with Crippen LogP contribution in [0, 0.1) is 0 Å². The lowest BCUT2D eigenvalue weighted by Crippen LogP contribution is -2.35. The first kappa shape index (κ1) is 14.6. The summed E-state index contributed by atoms with van der Waals surface area (Å²) >= 11 is 1.30. The first-order chi connectivity index (χ1) is 10.6. The van der Waals surface area contributed by atoms with Crippen molar-refractivity contribution in [3.8, 4) is 5.75 Å². The fraction of sp³-hybridized carbons (Fsp3) is 0.250. The van der Waals surface area contributed by atoms with Crippen molar-refractivity contribution in [1.82, 2.24) is 4.90 Å². The number of carboxylic acid groups (broad SMARTS) is 1. The first-order valence-electron chi connectivity index (χ1n) is 6.86. The number of hydrogen-bond donors (Lipinski definition) is 1. The Labute approximate surface area is 131 Å². The molecule has 0 radical (unpaired) electrons. The van der Waals surface area contributed by atoms with Crippen LogP contribution in [0.15, 0.2) is 30.3 Å². The van der Waals surface area contributed by atoms with Crippen LogP contribution in [0.1, 0.15) is 30.5 Å². The van der Waals surface area contributed by atoms with Gasteiger partial charge in [-0.3, -0.25) is 4.79 Å². The molecule has 0 unspecified atom stereocenters. The highest BCUT2D eigenvalue weighted by atomic mass is 32.1. The third kappa shape index (κ3) is 2.69. The molecule has 1 aliphatic heterocycles. The van der Waals surface area contributed by atoms with Gasteiger partial charge in [-0.1, -0.05) is 0 Å². The normalized spacial score (nSPS) is 13.6. The minimum atomic E-state index is -0.910. The van der Waals surface area contributed by atoms with Crippen LogP contribution in [0.4, 0.5) is 0 Å². The van der Waals surface area contributed by atoms with Crippen LogP contribution in [0.2, 0.25) is 0 Å². The van der Waals surface area contributed by atoms with Crippen molar-refractivity contribution in [2.45, 2.75) is 13.0 Å². The van der Waals surface area contributed by atoms with E-state index in [-0.39, 0.29) is 5.91 Å². The van der Waals surface area contributed by atoms with E-state index in [2.05, 4.69) is 0 Å². The number of amides is 1. The number of methoxy groups -OCH3 is 1. The van der Waals surface area contributed by atoms with Crippen molar-refractivity contribution in [2.24, 2.45) is 0 Å². The zero-order valence-electron chi connectivity index (χ0n) is 12.0. The van der Waals surface area contributed by atoms with Gasteiger partial charge >= 0.3 is 5.97 Å². The number of aromatic carboxylic acids is 1. The Kier molecular flexibility index (Phi) is 3.85. The van der Waals surface area contributed by atoms with Crippen LogP contribution < -0.4 is 4.74 Å². The van der Waals surface area contributed by atoms with E-state index < -0.39 is 5.97 Å². The highest BCUT2D eigenvalue weighted by Crippen LogP contribution is 2.29. The maximum atomic E-state index is 12.5. The quantitative estimate of drug-likeness (QED) is 0.945. The number of ether oxygens (including phenoxy) is 1. The van der Waals surface area contributed by atoms with E-state index in [9.17, 15) is 9.59 Å². The number of benzene rings is 1. The van der Waals surface area contributed by atoms with E-state index >= 15 is 0 Å². The van der Waals surface area contributed by atoms with Gasteiger partial charge in [0.1, 0.15) is 10.6 Å². The second kappa shape index (κ2) is 5.81. The lowest BCUT2D eigenvalue weighted by atomic mass is 10.1. The zero-order valence-corrected chi connectivity index (χ0v) is 12.9. The third-order valence-electron chi connectivity index (χ3n) is 3.70. The smallest absolute Gasteiger partial charge is 0.345 e. The summed E-state index contributed by atoms with van der Waals surface area (Å²) in [5.74, 6) is -0.245. The molecule has 0 atom stereocenters. The number of fused-ring (bicyclic) bond motifs is 1. The molecule has 0 bridgehead atoms. The van der Waals surface area contributed by atoms with Crippen molar-refractivity contribution in [1.29, 1.82) is 0 Å². The molecule has 1 N–H and O–H groups in total. The maximum absolute atomic E-state index is 12.5. The maximum Gasteiger partial charge on any atom is 0.345 e. The number of nitrogens with zero attached hydrogens (tertiary/aromatic N) is 1. The molecule has 114 valence electrons. The molecule has 1 aliphatic rings. The van der Waals surface area contributed by atoms with E-state index in [1.807, 2.05) is 0 Å². The van der Waals surface area contributed by atoms with Gasteiger partial charge in [-0.05, 0) is 42.3 Å². The number of hydrogen-bond acceptors (Lipinski definition) is 4. The molecule has 2 heterocycles. The summed E-state index contributed by atoms with van der Waals surface area (Å²) in [6, 6.07) is 8.68. The highest BCUT2D eigenvalue weighted by Gasteiger charge is 2.24. The Hall–Kier alpha value is -2.34. The van der Waals surface area contributed by atoms with Crippen LogP contribution >= 0.6 is 11.3 Å². The molecule has 2 aromatic rings. The number of carboxylic acids is 1. The van der Waals surface area contributed by atoms with Crippen molar-refractivity contribution in [3.05, 3.63) is 51.2 Å². The van der Waals surface area contributed by atoms with Gasteiger partial charge in [0.2, 0.25) is 0 Å². The first-order valence-corrected chi connectivity index (χ1v) is 7.68. The molecule has 0 saturated carbocycles. The van der Waals surface area contributed by atoms with Gasteiger partial charge in [0.15, 0.2) is 0 Å². The topological polar surface area (TPSA) is 66.8 Å². The number of rotatable bonds is 3. The zero-order chi connectivity index (χ0) is 15.7. The summed E-state index contributed by atoms with van der Waals surface area (Å²) in [5.41, 5.74) is 1.55. The molecule has 6 heteroatoms. The predicted octanol–water partition coefficient (Wildman–Crippen LogP) is 2.65. The summed E-state index contributed by atoms with van der Waals surface area (Å²) in [6.45, 7) is 1.07. The van der Waals surface area contributed by atoms with E-state index in [1.165, 1.54) is 11.3 Å². The number of thiophene rings is 1. The van der Waals surface area contributed by atoms with Crippen LogP contribution in [-0.4, -0.2) is 35.5 Å². The molecule has 1 aromatic carbocycles. The molecule has 1 amide bonds. The van der Waals surface area contributed by atoms with Gasteiger partial charge in [-0.15, -0.1) is 11.3 Å². The molecule has 0 saturated heterocycles. The minimum Gasteiger partial charge on any atom is -0.497 e.